The summed E-state index contributed by atoms with van der Waals surface area (Å²) in [4.78, 5) is 20.7. The second-order valence-electron chi connectivity index (χ2n) is 6.21. The summed E-state index contributed by atoms with van der Waals surface area (Å²) in [5.74, 6) is 2.37. The Hall–Kier alpha value is -1.61. The predicted octanol–water partition coefficient (Wildman–Crippen LogP) is 2.36. The maximum atomic E-state index is 12.2. The first-order valence-corrected chi connectivity index (χ1v) is 8.74. The molecule has 0 bridgehead atoms. The highest BCUT2D eigenvalue weighted by atomic mass is 32.2. The Morgan fingerprint density at radius 2 is 1.95 bits per heavy atom. The zero-order chi connectivity index (χ0) is 15.7. The molecule has 2 aliphatic rings. The molecular formula is C16H20N4OS. The fourth-order valence-corrected chi connectivity index (χ4v) is 3.69. The van der Waals surface area contributed by atoms with Gasteiger partial charge in [-0.15, -0.1) is 0 Å². The predicted molar refractivity (Wildman–Crippen MR) is 84.3 cm³/mol. The summed E-state index contributed by atoms with van der Waals surface area (Å²) in [6.07, 6.45) is 4.99. The van der Waals surface area contributed by atoms with Gasteiger partial charge < -0.3 is 5.32 Å². The molecule has 0 aliphatic heterocycles. The number of hydrogen-bond donors (Lipinski definition) is 1. The summed E-state index contributed by atoms with van der Waals surface area (Å²) in [5, 5.41) is 13.0. The number of rotatable bonds is 6. The van der Waals surface area contributed by atoms with Crippen LogP contribution in [0, 0.1) is 37.0 Å². The van der Waals surface area contributed by atoms with Crippen LogP contribution in [-0.4, -0.2) is 27.7 Å². The highest BCUT2D eigenvalue weighted by Gasteiger charge is 2.42. The third kappa shape index (κ3) is 3.58. The Morgan fingerprint density at radius 3 is 2.50 bits per heavy atom. The molecular weight excluding hydrogens is 296 g/mol. The zero-order valence-electron chi connectivity index (χ0n) is 12.9. The molecule has 6 heteroatoms. The summed E-state index contributed by atoms with van der Waals surface area (Å²) >= 11 is 1.33. The van der Waals surface area contributed by atoms with E-state index < -0.39 is 0 Å². The molecule has 1 aromatic rings. The number of nitrogens with zero attached hydrogens (tertiary/aromatic N) is 3. The van der Waals surface area contributed by atoms with Crippen molar-refractivity contribution in [2.24, 2.45) is 11.8 Å². The molecule has 1 aromatic heterocycles. The van der Waals surface area contributed by atoms with Crippen LogP contribution in [0.15, 0.2) is 5.03 Å². The van der Waals surface area contributed by atoms with E-state index in [0.717, 1.165) is 0 Å². The van der Waals surface area contributed by atoms with Gasteiger partial charge in [0, 0.05) is 6.04 Å². The smallest absolute Gasteiger partial charge is 0.230 e. The number of hydrogen-bond acceptors (Lipinski definition) is 5. The van der Waals surface area contributed by atoms with E-state index in [4.69, 9.17) is 0 Å². The number of thioether (sulfide) groups is 1. The van der Waals surface area contributed by atoms with Crippen LogP contribution in [0.4, 0.5) is 0 Å². The maximum absolute atomic E-state index is 12.2. The average Bonchev–Trinajstić information content (AvgIpc) is 3.36. The lowest BCUT2D eigenvalue weighted by Crippen LogP contribution is -2.39. The third-order valence-corrected chi connectivity index (χ3v) is 5.18. The lowest BCUT2D eigenvalue weighted by Gasteiger charge is -2.17. The first-order chi connectivity index (χ1) is 10.6. The van der Waals surface area contributed by atoms with Crippen LogP contribution in [0.5, 0.6) is 0 Å². The Labute approximate surface area is 134 Å². The number of carbonyl (C=O) groups is 1. The van der Waals surface area contributed by atoms with Crippen molar-refractivity contribution in [3.05, 3.63) is 17.1 Å². The molecule has 0 aromatic carbocycles. The van der Waals surface area contributed by atoms with Crippen LogP contribution in [0.3, 0.4) is 0 Å². The van der Waals surface area contributed by atoms with Crippen LogP contribution in [0.2, 0.25) is 0 Å². The molecule has 0 radical (unpaired) electrons. The second kappa shape index (κ2) is 6.25. The fourth-order valence-electron chi connectivity index (χ4n) is 2.81. The lowest BCUT2D eigenvalue weighted by molar-refractivity contribution is -0.119. The van der Waals surface area contributed by atoms with Crippen molar-refractivity contribution < 1.29 is 4.79 Å². The van der Waals surface area contributed by atoms with Crippen LogP contribution in [-0.2, 0) is 4.79 Å². The second-order valence-corrected chi connectivity index (χ2v) is 7.17. The van der Waals surface area contributed by atoms with Crippen LogP contribution in [0.1, 0.15) is 42.8 Å². The standard InChI is InChI=1S/C16H20N4OS/c1-9-13(7-17)16(19-10(2)18-9)22-8-14(21)20-15(11-3-4-11)12-5-6-12/h11-12,15H,3-6,8H2,1-2H3,(H,20,21). The lowest BCUT2D eigenvalue weighted by atomic mass is 10.1. The van der Waals surface area contributed by atoms with Gasteiger partial charge in [-0.2, -0.15) is 5.26 Å². The van der Waals surface area contributed by atoms with Crippen molar-refractivity contribution in [2.45, 2.75) is 50.6 Å². The Bertz CT molecular complexity index is 620. The van der Waals surface area contributed by atoms with Gasteiger partial charge in [0.05, 0.1) is 11.4 Å². The molecule has 5 nitrogen and oxygen atoms in total. The van der Waals surface area contributed by atoms with Crippen LogP contribution < -0.4 is 5.32 Å². The van der Waals surface area contributed by atoms with Gasteiger partial charge >= 0.3 is 0 Å². The van der Waals surface area contributed by atoms with Crippen molar-refractivity contribution in [3.8, 4) is 6.07 Å². The highest BCUT2D eigenvalue weighted by molar-refractivity contribution is 8.00. The SMILES string of the molecule is Cc1nc(C)c(C#N)c(SCC(=O)NC(C2CC2)C2CC2)n1. The zero-order valence-corrected chi connectivity index (χ0v) is 13.7. The molecule has 2 aliphatic carbocycles. The van der Waals surface area contributed by atoms with E-state index in [-0.39, 0.29) is 5.91 Å². The molecule has 2 fully saturated rings. The van der Waals surface area contributed by atoms with E-state index in [1.165, 1.54) is 37.4 Å². The number of carbonyl (C=O) groups excluding carboxylic acids is 1. The number of nitrogens with one attached hydrogen (secondary N) is 1. The third-order valence-electron chi connectivity index (χ3n) is 4.21. The van der Waals surface area contributed by atoms with Gasteiger partial charge in [-0.25, -0.2) is 9.97 Å². The molecule has 1 N–H and O–H groups in total. The van der Waals surface area contributed by atoms with Gasteiger partial charge in [-0.05, 0) is 51.4 Å². The van der Waals surface area contributed by atoms with E-state index >= 15 is 0 Å². The average molecular weight is 316 g/mol. The molecule has 2 saturated carbocycles. The minimum absolute atomic E-state index is 0.0478. The van der Waals surface area contributed by atoms with E-state index in [1.807, 2.05) is 0 Å². The van der Waals surface area contributed by atoms with Crippen LogP contribution in [0.25, 0.3) is 0 Å². The highest BCUT2D eigenvalue weighted by Crippen LogP contribution is 2.44. The molecule has 0 unspecified atom stereocenters. The summed E-state index contributed by atoms with van der Waals surface area (Å²) < 4.78 is 0. The summed E-state index contributed by atoms with van der Waals surface area (Å²) in [5.41, 5.74) is 1.15. The normalized spacial score (nSPS) is 17.4. The van der Waals surface area contributed by atoms with Gasteiger partial charge in [0.1, 0.15) is 22.5 Å². The molecule has 116 valence electrons. The summed E-state index contributed by atoms with van der Waals surface area (Å²) in [7, 11) is 0. The molecule has 0 saturated heterocycles. The van der Waals surface area contributed by atoms with E-state index in [0.29, 0.717) is 45.7 Å². The Kier molecular flexibility index (Phi) is 4.34. The van der Waals surface area contributed by atoms with Gasteiger partial charge in [-0.1, -0.05) is 11.8 Å². The van der Waals surface area contributed by atoms with Crippen molar-refractivity contribution >= 4 is 17.7 Å². The molecule has 0 atom stereocenters. The van der Waals surface area contributed by atoms with E-state index in [9.17, 15) is 10.1 Å². The molecule has 0 spiro atoms. The van der Waals surface area contributed by atoms with Crippen molar-refractivity contribution in [3.63, 3.8) is 0 Å². The van der Waals surface area contributed by atoms with Gasteiger partial charge in [0.15, 0.2) is 0 Å². The van der Waals surface area contributed by atoms with Gasteiger partial charge in [0.25, 0.3) is 0 Å². The summed E-state index contributed by atoms with van der Waals surface area (Å²) in [6, 6.07) is 2.51. The first-order valence-electron chi connectivity index (χ1n) is 7.76. The van der Waals surface area contributed by atoms with Gasteiger partial charge in [0.2, 0.25) is 5.91 Å². The largest absolute Gasteiger partial charge is 0.352 e. The number of nitriles is 1. The molecule has 22 heavy (non-hydrogen) atoms. The quantitative estimate of drug-likeness (QED) is 0.644. The number of amides is 1. The fraction of sp³-hybridized carbons (Fsp3) is 0.625. The van der Waals surface area contributed by atoms with Gasteiger partial charge in [-0.3, -0.25) is 4.79 Å². The molecule has 3 rings (SSSR count). The van der Waals surface area contributed by atoms with Crippen LogP contribution >= 0.6 is 11.8 Å². The van der Waals surface area contributed by atoms with E-state index in [2.05, 4.69) is 21.4 Å². The Morgan fingerprint density at radius 1 is 1.32 bits per heavy atom. The monoisotopic (exact) mass is 316 g/mol. The minimum atomic E-state index is 0.0478. The topological polar surface area (TPSA) is 78.7 Å². The number of aromatic nitrogens is 2. The molecule has 1 heterocycles. The van der Waals surface area contributed by atoms with Crippen molar-refractivity contribution in [2.75, 3.05) is 5.75 Å². The Balaban J connectivity index is 1.60. The number of aryl methyl sites for hydroxylation is 2. The summed E-state index contributed by atoms with van der Waals surface area (Å²) in [6.45, 7) is 3.60. The molecule has 1 amide bonds. The minimum Gasteiger partial charge on any atom is -0.352 e. The van der Waals surface area contributed by atoms with E-state index in [1.54, 1.807) is 13.8 Å². The van der Waals surface area contributed by atoms with Crippen molar-refractivity contribution in [1.29, 1.82) is 5.26 Å². The maximum Gasteiger partial charge on any atom is 0.230 e. The van der Waals surface area contributed by atoms with Crippen molar-refractivity contribution in [1.82, 2.24) is 15.3 Å². The first kappa shape index (κ1) is 15.3.